The molecule has 7 heteroatoms. The highest BCUT2D eigenvalue weighted by Crippen LogP contribution is 2.41. The van der Waals surface area contributed by atoms with Crippen LogP contribution in [0, 0.1) is 5.92 Å². The molecular formula is C14H16F2N2O2S. The minimum Gasteiger partial charge on any atom is -0.361 e. The van der Waals surface area contributed by atoms with Crippen LogP contribution in [0.4, 0.5) is 8.78 Å². The lowest BCUT2D eigenvalue weighted by atomic mass is 10.1. The van der Waals surface area contributed by atoms with E-state index in [1.165, 1.54) is 11.3 Å². The largest absolute Gasteiger partial charge is 0.361 e. The quantitative estimate of drug-likeness (QED) is 0.898. The molecule has 114 valence electrons. The summed E-state index contributed by atoms with van der Waals surface area (Å²) < 4.78 is 26.5. The minimum atomic E-state index is -3.07. The predicted octanol–water partition coefficient (Wildman–Crippen LogP) is 2.52. The van der Waals surface area contributed by atoms with Crippen LogP contribution in [0.15, 0.2) is 23.2 Å². The Hall–Kier alpha value is -1.47. The van der Waals surface area contributed by atoms with Crippen molar-refractivity contribution in [3.05, 3.63) is 33.7 Å². The van der Waals surface area contributed by atoms with Crippen molar-refractivity contribution < 1.29 is 18.7 Å². The molecule has 1 aliphatic heterocycles. The first kappa shape index (κ1) is 14.5. The first-order valence-electron chi connectivity index (χ1n) is 6.87. The Bertz CT molecular complexity index is 598. The van der Waals surface area contributed by atoms with E-state index in [2.05, 4.69) is 5.43 Å². The Balaban J connectivity index is 1.88. The van der Waals surface area contributed by atoms with Crippen LogP contribution in [0.25, 0.3) is 0 Å². The Morgan fingerprint density at radius 3 is 2.86 bits per heavy atom. The molecule has 1 atom stereocenters. The SMILES string of the molecule is CCc1cc(C(=O)N2NC(C3CC3)=CC2(O)C(F)F)cs1. The third-order valence-electron chi connectivity index (χ3n) is 3.76. The predicted molar refractivity (Wildman–Crippen MR) is 74.8 cm³/mol. The molecule has 2 N–H and O–H groups in total. The van der Waals surface area contributed by atoms with Gasteiger partial charge in [0.15, 0.2) is 0 Å². The first-order chi connectivity index (χ1) is 9.95. The molecule has 2 heterocycles. The van der Waals surface area contributed by atoms with E-state index in [4.69, 9.17) is 0 Å². The lowest BCUT2D eigenvalue weighted by Crippen LogP contribution is -2.56. The lowest BCUT2D eigenvalue weighted by molar-refractivity contribution is -0.146. The highest BCUT2D eigenvalue weighted by atomic mass is 32.1. The number of amides is 1. The van der Waals surface area contributed by atoms with Gasteiger partial charge in [0.2, 0.25) is 5.72 Å². The summed E-state index contributed by atoms with van der Waals surface area (Å²) in [6, 6.07) is 1.68. The molecule has 1 saturated carbocycles. The zero-order chi connectivity index (χ0) is 15.2. The molecule has 3 rings (SSSR count). The maximum absolute atomic E-state index is 13.3. The standard InChI is InChI=1S/C14H16F2N2O2S/c1-2-10-5-9(7-21-10)12(19)18-14(20,13(15)16)6-11(17-18)8-3-4-8/h5-8,13,17,20H,2-4H2,1H3. The summed E-state index contributed by atoms with van der Waals surface area (Å²) in [4.78, 5) is 13.4. The van der Waals surface area contributed by atoms with Gasteiger partial charge in [0.25, 0.3) is 12.3 Å². The Morgan fingerprint density at radius 1 is 1.62 bits per heavy atom. The van der Waals surface area contributed by atoms with Crippen LogP contribution in [0.5, 0.6) is 0 Å². The number of hydrogen-bond donors (Lipinski definition) is 2. The average molecular weight is 314 g/mol. The molecule has 1 aromatic heterocycles. The van der Waals surface area contributed by atoms with Gasteiger partial charge in [-0.05, 0) is 31.4 Å². The van der Waals surface area contributed by atoms with Crippen molar-refractivity contribution in [2.45, 2.75) is 38.3 Å². The highest BCUT2D eigenvalue weighted by Gasteiger charge is 2.51. The van der Waals surface area contributed by atoms with Crippen LogP contribution in [-0.4, -0.2) is 28.2 Å². The van der Waals surface area contributed by atoms with Crippen molar-refractivity contribution >= 4 is 17.2 Å². The van der Waals surface area contributed by atoms with Gasteiger partial charge < -0.3 is 5.11 Å². The molecule has 1 fully saturated rings. The van der Waals surface area contributed by atoms with Crippen LogP contribution < -0.4 is 5.43 Å². The van der Waals surface area contributed by atoms with Crippen LogP contribution >= 0.6 is 11.3 Å². The fraction of sp³-hybridized carbons (Fsp3) is 0.500. The molecular weight excluding hydrogens is 298 g/mol. The third-order valence-corrected chi connectivity index (χ3v) is 4.84. The molecule has 4 nitrogen and oxygen atoms in total. The van der Waals surface area contributed by atoms with Crippen LogP contribution in [0.3, 0.4) is 0 Å². The summed E-state index contributed by atoms with van der Waals surface area (Å²) >= 11 is 1.40. The molecule has 2 aliphatic rings. The third kappa shape index (κ3) is 2.44. The van der Waals surface area contributed by atoms with Crippen molar-refractivity contribution in [2.24, 2.45) is 5.92 Å². The smallest absolute Gasteiger partial charge is 0.291 e. The van der Waals surface area contributed by atoms with Crippen molar-refractivity contribution in [1.29, 1.82) is 0 Å². The molecule has 0 radical (unpaired) electrons. The summed E-state index contributed by atoms with van der Waals surface area (Å²) in [5.74, 6) is -0.498. The normalized spacial score (nSPS) is 25.2. The maximum atomic E-state index is 13.3. The monoisotopic (exact) mass is 314 g/mol. The fourth-order valence-corrected chi connectivity index (χ4v) is 3.14. The number of thiophene rings is 1. The van der Waals surface area contributed by atoms with Crippen LogP contribution in [0.2, 0.25) is 0 Å². The maximum Gasteiger partial charge on any atom is 0.291 e. The number of halogens is 2. The summed E-state index contributed by atoms with van der Waals surface area (Å²) in [5, 5.41) is 12.5. The number of alkyl halides is 2. The zero-order valence-corrected chi connectivity index (χ0v) is 12.3. The number of rotatable bonds is 4. The molecule has 1 amide bonds. The number of carbonyl (C=O) groups is 1. The number of nitrogens with zero attached hydrogens (tertiary/aromatic N) is 1. The van der Waals surface area contributed by atoms with Crippen molar-refractivity contribution in [3.63, 3.8) is 0 Å². The Kier molecular flexibility index (Phi) is 3.49. The van der Waals surface area contributed by atoms with E-state index < -0.39 is 18.1 Å². The second kappa shape index (κ2) is 5.06. The number of nitrogens with one attached hydrogen (secondary N) is 1. The van der Waals surface area contributed by atoms with E-state index in [0.29, 0.717) is 16.3 Å². The molecule has 1 aliphatic carbocycles. The number of allylic oxidation sites excluding steroid dienone is 1. The molecule has 1 unspecified atom stereocenters. The van der Waals surface area contributed by atoms with Crippen molar-refractivity contribution in [1.82, 2.24) is 10.4 Å². The van der Waals surface area contributed by atoms with Gasteiger partial charge in [-0.1, -0.05) is 6.92 Å². The van der Waals surface area contributed by atoms with E-state index in [1.54, 1.807) is 11.4 Å². The Labute approximate surface area is 125 Å². The topological polar surface area (TPSA) is 52.6 Å². The van der Waals surface area contributed by atoms with Gasteiger partial charge in [-0.2, -0.15) is 0 Å². The summed E-state index contributed by atoms with van der Waals surface area (Å²) in [7, 11) is 0. The van der Waals surface area contributed by atoms with Gasteiger partial charge in [-0.15, -0.1) is 11.3 Å². The highest BCUT2D eigenvalue weighted by molar-refractivity contribution is 7.10. The number of hydrogen-bond acceptors (Lipinski definition) is 4. The Morgan fingerprint density at radius 2 is 2.33 bits per heavy atom. The molecule has 21 heavy (non-hydrogen) atoms. The van der Waals surface area contributed by atoms with Gasteiger partial charge in [-0.3, -0.25) is 10.2 Å². The number of aryl methyl sites for hydroxylation is 1. The summed E-state index contributed by atoms with van der Waals surface area (Å²) in [5.41, 5.74) is 0.915. The van der Waals surface area contributed by atoms with Gasteiger partial charge in [0.1, 0.15) is 0 Å². The van der Waals surface area contributed by atoms with E-state index in [1.807, 2.05) is 6.92 Å². The second-order valence-electron chi connectivity index (χ2n) is 5.37. The van der Waals surface area contributed by atoms with Gasteiger partial charge in [-0.25, -0.2) is 13.8 Å². The van der Waals surface area contributed by atoms with Crippen molar-refractivity contribution in [2.75, 3.05) is 0 Å². The number of aliphatic hydroxyl groups is 1. The van der Waals surface area contributed by atoms with E-state index in [-0.39, 0.29) is 5.92 Å². The van der Waals surface area contributed by atoms with E-state index in [0.717, 1.165) is 30.2 Å². The fourth-order valence-electron chi connectivity index (χ4n) is 2.33. The lowest BCUT2D eigenvalue weighted by Gasteiger charge is -2.31. The average Bonchev–Trinajstić information content (AvgIpc) is 3.08. The minimum absolute atomic E-state index is 0.141. The van der Waals surface area contributed by atoms with Crippen LogP contribution in [0.1, 0.15) is 35.0 Å². The molecule has 0 spiro atoms. The van der Waals surface area contributed by atoms with Gasteiger partial charge >= 0.3 is 0 Å². The zero-order valence-electron chi connectivity index (χ0n) is 11.5. The van der Waals surface area contributed by atoms with E-state index in [9.17, 15) is 18.7 Å². The van der Waals surface area contributed by atoms with E-state index >= 15 is 0 Å². The number of hydrazine groups is 1. The first-order valence-corrected chi connectivity index (χ1v) is 7.75. The molecule has 0 saturated heterocycles. The second-order valence-corrected chi connectivity index (χ2v) is 6.36. The van der Waals surface area contributed by atoms with Crippen LogP contribution in [-0.2, 0) is 6.42 Å². The van der Waals surface area contributed by atoms with Gasteiger partial charge in [0, 0.05) is 21.9 Å². The van der Waals surface area contributed by atoms with Gasteiger partial charge in [0.05, 0.1) is 5.56 Å². The molecule has 0 bridgehead atoms. The van der Waals surface area contributed by atoms with Crippen molar-refractivity contribution in [3.8, 4) is 0 Å². The number of carbonyl (C=O) groups excluding carboxylic acids is 1. The molecule has 1 aromatic rings. The molecule has 0 aromatic carbocycles. The summed E-state index contributed by atoms with van der Waals surface area (Å²) in [6.07, 6.45) is 0.558. The summed E-state index contributed by atoms with van der Waals surface area (Å²) in [6.45, 7) is 1.95.